The summed E-state index contributed by atoms with van der Waals surface area (Å²) in [6, 6.07) is 4.37. The maximum atomic E-state index is 10.9. The smallest absolute Gasteiger partial charge is 0.327 e. The number of benzene rings is 1. The van der Waals surface area contributed by atoms with E-state index in [1.165, 1.54) is 28.5 Å². The van der Waals surface area contributed by atoms with E-state index >= 15 is 0 Å². The Morgan fingerprint density at radius 3 is 2.60 bits per heavy atom. The number of aliphatic carboxylic acids is 1. The van der Waals surface area contributed by atoms with E-state index in [0.717, 1.165) is 5.56 Å². The van der Waals surface area contributed by atoms with Gasteiger partial charge in [0.15, 0.2) is 0 Å². The highest BCUT2D eigenvalue weighted by Crippen LogP contribution is 2.30. The van der Waals surface area contributed by atoms with Crippen molar-refractivity contribution in [3.63, 3.8) is 0 Å². The number of amides is 1. The van der Waals surface area contributed by atoms with E-state index in [4.69, 9.17) is 28.3 Å². The summed E-state index contributed by atoms with van der Waals surface area (Å²) in [6.45, 7) is 1.29. The second kappa shape index (κ2) is 8.67. The average molecular weight is 354 g/mol. The molecule has 0 aliphatic heterocycles. The first kappa shape index (κ1) is 17.5. The van der Waals surface area contributed by atoms with Gasteiger partial charge < -0.3 is 10.4 Å². The first-order chi connectivity index (χ1) is 9.40. The Morgan fingerprint density at radius 2 is 2.05 bits per heavy atom. The highest BCUT2D eigenvalue weighted by Gasteiger charge is 2.18. The number of hydrogen-bond donors (Lipinski definition) is 2. The standard InChI is InChI=1S/C12H13Cl2NO3S2/c1-7(16)15-11(12(17)18)6-20-19-5-8-2-3-9(13)4-10(8)14/h2-4,11H,5-6H2,1H3,(H,15,16)(H,17,18)/t11-/m0/s1. The monoisotopic (exact) mass is 353 g/mol. The van der Waals surface area contributed by atoms with Gasteiger partial charge in [0.1, 0.15) is 6.04 Å². The van der Waals surface area contributed by atoms with Crippen LogP contribution in [0.15, 0.2) is 18.2 Å². The second-order valence-corrected chi connectivity index (χ2v) is 7.23. The van der Waals surface area contributed by atoms with Gasteiger partial charge in [-0.1, -0.05) is 50.9 Å². The van der Waals surface area contributed by atoms with Crippen LogP contribution in [0.1, 0.15) is 12.5 Å². The van der Waals surface area contributed by atoms with E-state index in [1.807, 2.05) is 6.07 Å². The van der Waals surface area contributed by atoms with Crippen molar-refractivity contribution < 1.29 is 14.7 Å². The summed E-state index contributed by atoms with van der Waals surface area (Å²) < 4.78 is 0. The van der Waals surface area contributed by atoms with Crippen molar-refractivity contribution in [1.29, 1.82) is 0 Å². The highest BCUT2D eigenvalue weighted by atomic mass is 35.5. The molecule has 0 aliphatic rings. The Kier molecular flexibility index (Phi) is 7.58. The number of nitrogens with one attached hydrogen (secondary N) is 1. The molecule has 8 heteroatoms. The Balaban J connectivity index is 2.40. The van der Waals surface area contributed by atoms with E-state index in [9.17, 15) is 9.59 Å². The highest BCUT2D eigenvalue weighted by molar-refractivity contribution is 8.76. The molecule has 20 heavy (non-hydrogen) atoms. The van der Waals surface area contributed by atoms with Crippen LogP contribution in [-0.4, -0.2) is 28.8 Å². The van der Waals surface area contributed by atoms with Gasteiger partial charge in [-0.3, -0.25) is 4.79 Å². The van der Waals surface area contributed by atoms with Crippen molar-refractivity contribution in [3.8, 4) is 0 Å². The topological polar surface area (TPSA) is 66.4 Å². The molecule has 0 aromatic heterocycles. The summed E-state index contributed by atoms with van der Waals surface area (Å²) in [5, 5.41) is 12.5. The third-order valence-corrected chi connectivity index (χ3v) is 5.14. The number of hydrogen-bond acceptors (Lipinski definition) is 4. The lowest BCUT2D eigenvalue weighted by Crippen LogP contribution is -2.41. The van der Waals surface area contributed by atoms with Crippen molar-refractivity contribution in [1.82, 2.24) is 5.32 Å². The lowest BCUT2D eigenvalue weighted by atomic mass is 10.2. The van der Waals surface area contributed by atoms with E-state index in [2.05, 4.69) is 5.32 Å². The van der Waals surface area contributed by atoms with Crippen molar-refractivity contribution in [3.05, 3.63) is 33.8 Å². The van der Waals surface area contributed by atoms with Gasteiger partial charge in [-0.25, -0.2) is 4.79 Å². The third-order valence-electron chi connectivity index (χ3n) is 2.22. The van der Waals surface area contributed by atoms with Crippen LogP contribution in [0, 0.1) is 0 Å². The Bertz CT molecular complexity index is 500. The minimum absolute atomic E-state index is 0.283. The summed E-state index contributed by atoms with van der Waals surface area (Å²) >= 11 is 11.8. The van der Waals surface area contributed by atoms with Gasteiger partial charge in [-0.2, -0.15) is 0 Å². The number of halogens is 2. The molecule has 0 bridgehead atoms. The number of carbonyl (C=O) groups is 2. The zero-order valence-electron chi connectivity index (χ0n) is 10.6. The van der Waals surface area contributed by atoms with Crippen molar-refractivity contribution in [2.24, 2.45) is 0 Å². The lowest BCUT2D eigenvalue weighted by molar-refractivity contribution is -0.140. The van der Waals surface area contributed by atoms with E-state index in [0.29, 0.717) is 15.8 Å². The minimum atomic E-state index is -1.04. The summed E-state index contributed by atoms with van der Waals surface area (Å²) in [5.74, 6) is -0.487. The van der Waals surface area contributed by atoms with Crippen LogP contribution in [0.25, 0.3) is 0 Å². The first-order valence-electron chi connectivity index (χ1n) is 5.58. The Hall–Kier alpha value is -0.560. The predicted molar refractivity (Wildman–Crippen MR) is 85.5 cm³/mol. The zero-order valence-corrected chi connectivity index (χ0v) is 13.7. The van der Waals surface area contributed by atoms with E-state index < -0.39 is 12.0 Å². The first-order valence-corrected chi connectivity index (χ1v) is 8.82. The van der Waals surface area contributed by atoms with Crippen molar-refractivity contribution >= 4 is 56.7 Å². The Morgan fingerprint density at radius 1 is 1.35 bits per heavy atom. The molecule has 1 atom stereocenters. The fourth-order valence-corrected chi connectivity index (χ4v) is 4.08. The van der Waals surface area contributed by atoms with Crippen LogP contribution in [-0.2, 0) is 15.3 Å². The van der Waals surface area contributed by atoms with E-state index in [1.54, 1.807) is 12.1 Å². The molecule has 110 valence electrons. The maximum absolute atomic E-state index is 10.9. The summed E-state index contributed by atoms with van der Waals surface area (Å²) in [4.78, 5) is 21.8. The zero-order chi connectivity index (χ0) is 15.1. The largest absolute Gasteiger partial charge is 0.480 e. The molecule has 0 saturated heterocycles. The number of rotatable bonds is 7. The second-order valence-electron chi connectivity index (χ2n) is 3.87. The van der Waals surface area contributed by atoms with Crippen molar-refractivity contribution in [2.75, 3.05) is 5.75 Å². The lowest BCUT2D eigenvalue weighted by Gasteiger charge is -2.12. The molecule has 0 saturated carbocycles. The molecule has 1 aromatic carbocycles. The predicted octanol–water partition coefficient (Wildman–Crippen LogP) is 3.46. The number of carboxylic acid groups (broad SMARTS) is 1. The van der Waals surface area contributed by atoms with Crippen LogP contribution >= 0.6 is 44.8 Å². The van der Waals surface area contributed by atoms with Gasteiger partial charge in [0.2, 0.25) is 5.91 Å². The van der Waals surface area contributed by atoms with Crippen molar-refractivity contribution in [2.45, 2.75) is 18.7 Å². The molecule has 0 radical (unpaired) electrons. The van der Waals surface area contributed by atoms with Gasteiger partial charge in [0, 0.05) is 28.5 Å². The van der Waals surface area contributed by atoms with Gasteiger partial charge in [-0.05, 0) is 17.7 Å². The van der Waals surface area contributed by atoms with Gasteiger partial charge in [0.25, 0.3) is 0 Å². The van der Waals surface area contributed by atoms with Gasteiger partial charge >= 0.3 is 5.97 Å². The summed E-state index contributed by atoms with van der Waals surface area (Å²) in [5.41, 5.74) is 0.931. The summed E-state index contributed by atoms with van der Waals surface area (Å²) in [6.07, 6.45) is 0. The molecule has 0 spiro atoms. The van der Waals surface area contributed by atoms with Gasteiger partial charge in [-0.15, -0.1) is 0 Å². The molecule has 1 aromatic rings. The molecule has 2 N–H and O–H groups in total. The van der Waals surface area contributed by atoms with Crippen LogP contribution in [0.4, 0.5) is 0 Å². The normalized spacial score (nSPS) is 11.9. The van der Waals surface area contributed by atoms with Crippen LogP contribution in [0.2, 0.25) is 10.0 Å². The fraction of sp³-hybridized carbons (Fsp3) is 0.333. The Labute approximate surface area is 135 Å². The molecule has 0 unspecified atom stereocenters. The van der Waals surface area contributed by atoms with Crippen LogP contribution in [0.5, 0.6) is 0 Å². The molecule has 0 heterocycles. The molecule has 4 nitrogen and oxygen atoms in total. The molecule has 1 amide bonds. The fourth-order valence-electron chi connectivity index (χ4n) is 1.28. The summed E-state index contributed by atoms with van der Waals surface area (Å²) in [7, 11) is 2.84. The SMILES string of the molecule is CC(=O)N[C@@H](CSSCc1ccc(Cl)cc1Cl)C(=O)O. The molecule has 1 rings (SSSR count). The number of carbonyl (C=O) groups excluding carboxylic acids is 1. The van der Waals surface area contributed by atoms with E-state index in [-0.39, 0.29) is 11.7 Å². The molecule has 0 fully saturated rings. The quantitative estimate of drug-likeness (QED) is 0.580. The number of carboxylic acids is 1. The van der Waals surface area contributed by atoms with Crippen LogP contribution in [0.3, 0.4) is 0 Å². The maximum Gasteiger partial charge on any atom is 0.327 e. The third kappa shape index (κ3) is 6.26. The van der Waals surface area contributed by atoms with Crippen LogP contribution < -0.4 is 5.32 Å². The minimum Gasteiger partial charge on any atom is -0.480 e. The molecular formula is C12H13Cl2NO3S2. The molecule has 0 aliphatic carbocycles. The molecular weight excluding hydrogens is 341 g/mol. The average Bonchev–Trinajstić information content (AvgIpc) is 2.34. The van der Waals surface area contributed by atoms with Gasteiger partial charge in [0.05, 0.1) is 0 Å².